The fraction of sp³-hybridized carbons (Fsp3) is 0.438. The normalized spacial score (nSPS) is 24.3. The summed E-state index contributed by atoms with van der Waals surface area (Å²) in [6.45, 7) is 6.71. The van der Waals surface area contributed by atoms with E-state index in [1.54, 1.807) is 0 Å². The van der Waals surface area contributed by atoms with Crippen molar-refractivity contribution in [2.45, 2.75) is 26.2 Å². The largest absolute Gasteiger partial charge is 0.316 e. The Kier molecular flexibility index (Phi) is 3.04. The van der Waals surface area contributed by atoms with E-state index in [9.17, 15) is 0 Å². The highest BCUT2D eigenvalue weighted by Gasteiger charge is 2.21. The molecule has 0 aliphatic carbocycles. The molecule has 94 valence electrons. The van der Waals surface area contributed by atoms with Crippen LogP contribution in [0.25, 0.3) is 10.9 Å². The standard InChI is InChI=1S/C16H20N2/c1-11-8-13(10-17-9-11)14-6-5-12(2)16-15(14)4-3-7-18-16/h3-7,11,13,17H,8-10H2,1-2H3. The Morgan fingerprint density at radius 1 is 1.22 bits per heavy atom. The monoisotopic (exact) mass is 240 g/mol. The number of aromatic nitrogens is 1. The Labute approximate surface area is 108 Å². The smallest absolute Gasteiger partial charge is 0.0733 e. The first kappa shape index (κ1) is 11.7. The van der Waals surface area contributed by atoms with Crippen molar-refractivity contribution in [3.8, 4) is 0 Å². The Balaban J connectivity index is 2.09. The molecule has 1 fully saturated rings. The number of nitrogens with one attached hydrogen (secondary N) is 1. The molecule has 2 aromatic rings. The fourth-order valence-corrected chi connectivity index (χ4v) is 3.09. The van der Waals surface area contributed by atoms with Gasteiger partial charge in [0.2, 0.25) is 0 Å². The molecule has 1 aliphatic heterocycles. The Bertz CT molecular complexity index is 562. The van der Waals surface area contributed by atoms with Crippen molar-refractivity contribution in [1.82, 2.24) is 10.3 Å². The summed E-state index contributed by atoms with van der Waals surface area (Å²) in [6, 6.07) is 8.77. The van der Waals surface area contributed by atoms with Crippen LogP contribution in [0, 0.1) is 12.8 Å². The predicted octanol–water partition coefficient (Wildman–Crippen LogP) is 3.26. The molecule has 18 heavy (non-hydrogen) atoms. The quantitative estimate of drug-likeness (QED) is 0.827. The second-order valence-corrected chi connectivity index (χ2v) is 5.57. The zero-order valence-corrected chi connectivity index (χ0v) is 11.1. The third-order valence-electron chi connectivity index (χ3n) is 4.02. The van der Waals surface area contributed by atoms with Gasteiger partial charge in [-0.05, 0) is 48.9 Å². The third-order valence-corrected chi connectivity index (χ3v) is 4.02. The van der Waals surface area contributed by atoms with Gasteiger partial charge in [-0.2, -0.15) is 0 Å². The van der Waals surface area contributed by atoms with Crippen molar-refractivity contribution in [1.29, 1.82) is 0 Å². The highest BCUT2D eigenvalue weighted by molar-refractivity contribution is 5.85. The molecule has 0 amide bonds. The van der Waals surface area contributed by atoms with Gasteiger partial charge >= 0.3 is 0 Å². The van der Waals surface area contributed by atoms with E-state index in [1.165, 1.54) is 22.9 Å². The summed E-state index contributed by atoms with van der Waals surface area (Å²) in [6.07, 6.45) is 3.17. The molecule has 2 heterocycles. The molecular formula is C16H20N2. The summed E-state index contributed by atoms with van der Waals surface area (Å²) < 4.78 is 0. The minimum absolute atomic E-state index is 0.626. The number of hydrogen-bond acceptors (Lipinski definition) is 2. The summed E-state index contributed by atoms with van der Waals surface area (Å²) in [5.41, 5.74) is 3.89. The van der Waals surface area contributed by atoms with Crippen LogP contribution in [0.4, 0.5) is 0 Å². The highest BCUT2D eigenvalue weighted by Crippen LogP contribution is 2.32. The van der Waals surface area contributed by atoms with E-state index < -0.39 is 0 Å². The summed E-state index contributed by atoms with van der Waals surface area (Å²) in [4.78, 5) is 4.53. The molecule has 2 atom stereocenters. The van der Waals surface area contributed by atoms with Crippen LogP contribution in [0.15, 0.2) is 30.5 Å². The van der Waals surface area contributed by atoms with Crippen LogP contribution in [0.3, 0.4) is 0 Å². The molecule has 1 N–H and O–H groups in total. The molecule has 2 nitrogen and oxygen atoms in total. The Morgan fingerprint density at radius 2 is 2.11 bits per heavy atom. The van der Waals surface area contributed by atoms with Crippen molar-refractivity contribution < 1.29 is 0 Å². The van der Waals surface area contributed by atoms with E-state index >= 15 is 0 Å². The zero-order chi connectivity index (χ0) is 12.5. The van der Waals surface area contributed by atoms with Gasteiger partial charge in [-0.15, -0.1) is 0 Å². The van der Waals surface area contributed by atoms with E-state index in [4.69, 9.17) is 0 Å². The van der Waals surface area contributed by atoms with Crippen LogP contribution in [0.1, 0.15) is 30.4 Å². The molecule has 1 aromatic carbocycles. The SMILES string of the molecule is Cc1ccc(C2CNCC(C)C2)c2cccnc12. The van der Waals surface area contributed by atoms with Gasteiger partial charge in [-0.25, -0.2) is 0 Å². The molecule has 1 saturated heterocycles. The van der Waals surface area contributed by atoms with Crippen molar-refractivity contribution in [3.05, 3.63) is 41.6 Å². The van der Waals surface area contributed by atoms with Crippen LogP contribution < -0.4 is 5.32 Å². The van der Waals surface area contributed by atoms with Crippen molar-refractivity contribution >= 4 is 10.9 Å². The van der Waals surface area contributed by atoms with Crippen molar-refractivity contribution in [3.63, 3.8) is 0 Å². The van der Waals surface area contributed by atoms with Gasteiger partial charge in [0.15, 0.2) is 0 Å². The molecule has 2 heteroatoms. The minimum atomic E-state index is 0.626. The van der Waals surface area contributed by atoms with Crippen molar-refractivity contribution in [2.24, 2.45) is 5.92 Å². The maximum atomic E-state index is 4.53. The van der Waals surface area contributed by atoms with Crippen LogP contribution in [0.2, 0.25) is 0 Å². The molecule has 3 rings (SSSR count). The number of hydrogen-bond donors (Lipinski definition) is 1. The van der Waals surface area contributed by atoms with Gasteiger partial charge in [0, 0.05) is 18.1 Å². The first-order valence-corrected chi connectivity index (χ1v) is 6.80. The van der Waals surface area contributed by atoms with Crippen LogP contribution in [0.5, 0.6) is 0 Å². The number of rotatable bonds is 1. The molecule has 2 unspecified atom stereocenters. The average Bonchev–Trinajstić information content (AvgIpc) is 2.39. The second kappa shape index (κ2) is 4.69. The van der Waals surface area contributed by atoms with Crippen LogP contribution >= 0.6 is 0 Å². The summed E-state index contributed by atoms with van der Waals surface area (Å²) in [5.74, 6) is 1.39. The van der Waals surface area contributed by atoms with E-state index in [-0.39, 0.29) is 0 Å². The maximum Gasteiger partial charge on any atom is 0.0733 e. The van der Waals surface area contributed by atoms with Crippen LogP contribution in [-0.4, -0.2) is 18.1 Å². The van der Waals surface area contributed by atoms with Crippen molar-refractivity contribution in [2.75, 3.05) is 13.1 Å². The molecule has 0 radical (unpaired) electrons. The fourth-order valence-electron chi connectivity index (χ4n) is 3.09. The molecule has 0 bridgehead atoms. The Morgan fingerprint density at radius 3 is 2.94 bits per heavy atom. The van der Waals surface area contributed by atoms with Gasteiger partial charge in [-0.3, -0.25) is 4.98 Å². The first-order valence-electron chi connectivity index (χ1n) is 6.80. The minimum Gasteiger partial charge on any atom is -0.316 e. The number of fused-ring (bicyclic) bond motifs is 1. The number of nitrogens with zero attached hydrogens (tertiary/aromatic N) is 1. The van der Waals surface area contributed by atoms with Gasteiger partial charge in [0.1, 0.15) is 0 Å². The van der Waals surface area contributed by atoms with Gasteiger partial charge in [-0.1, -0.05) is 25.1 Å². The molecular weight excluding hydrogens is 220 g/mol. The van der Waals surface area contributed by atoms with Crippen LogP contribution in [-0.2, 0) is 0 Å². The number of piperidine rings is 1. The lowest BCUT2D eigenvalue weighted by molar-refractivity contribution is 0.365. The Hall–Kier alpha value is -1.41. The zero-order valence-electron chi connectivity index (χ0n) is 11.1. The maximum absolute atomic E-state index is 4.53. The van der Waals surface area contributed by atoms with E-state index in [1.807, 2.05) is 12.3 Å². The number of pyridine rings is 1. The lowest BCUT2D eigenvalue weighted by Gasteiger charge is -2.29. The number of aryl methyl sites for hydroxylation is 1. The summed E-state index contributed by atoms with van der Waals surface area (Å²) in [5, 5.41) is 4.87. The topological polar surface area (TPSA) is 24.9 Å². The van der Waals surface area contributed by atoms with Gasteiger partial charge in [0.05, 0.1) is 5.52 Å². The lowest BCUT2D eigenvalue weighted by Crippen LogP contribution is -2.33. The lowest BCUT2D eigenvalue weighted by atomic mass is 9.84. The molecule has 1 aliphatic rings. The summed E-state index contributed by atoms with van der Waals surface area (Å²) in [7, 11) is 0. The van der Waals surface area contributed by atoms with E-state index in [0.29, 0.717) is 5.92 Å². The first-order chi connectivity index (χ1) is 8.75. The average molecular weight is 240 g/mol. The molecule has 0 saturated carbocycles. The predicted molar refractivity (Wildman–Crippen MR) is 75.9 cm³/mol. The summed E-state index contributed by atoms with van der Waals surface area (Å²) >= 11 is 0. The van der Waals surface area contributed by atoms with Gasteiger partial charge < -0.3 is 5.32 Å². The second-order valence-electron chi connectivity index (χ2n) is 5.57. The van der Waals surface area contributed by atoms with E-state index in [0.717, 1.165) is 24.5 Å². The van der Waals surface area contributed by atoms with Gasteiger partial charge in [0.25, 0.3) is 0 Å². The highest BCUT2D eigenvalue weighted by atomic mass is 14.9. The van der Waals surface area contributed by atoms with E-state index in [2.05, 4.69) is 42.3 Å². The third kappa shape index (κ3) is 2.01. The number of benzene rings is 1. The molecule has 1 aromatic heterocycles. The molecule has 0 spiro atoms.